The van der Waals surface area contributed by atoms with Crippen LogP contribution in [0.4, 0.5) is 5.69 Å². The maximum Gasteiger partial charge on any atom is 0.317 e. The predicted octanol–water partition coefficient (Wildman–Crippen LogP) is 3.25. The molecule has 0 radical (unpaired) electrons. The molecule has 6 heteroatoms. The quantitative estimate of drug-likeness (QED) is 0.364. The number of carbonyl (C=O) groups excluding carboxylic acids is 2. The van der Waals surface area contributed by atoms with E-state index >= 15 is 0 Å². The molecule has 6 nitrogen and oxygen atoms in total. The second-order valence-electron chi connectivity index (χ2n) is 5.85. The summed E-state index contributed by atoms with van der Waals surface area (Å²) in [4.78, 5) is 35.6. The van der Waals surface area contributed by atoms with Crippen LogP contribution in [0.2, 0.25) is 0 Å². The lowest BCUT2D eigenvalue weighted by Gasteiger charge is -2.19. The zero-order chi connectivity index (χ0) is 18.0. The molecule has 0 bridgehead atoms. The highest BCUT2D eigenvalue weighted by Gasteiger charge is 2.46. The van der Waals surface area contributed by atoms with Gasteiger partial charge < -0.3 is 4.74 Å². The number of hydrogen-bond acceptors (Lipinski definition) is 5. The second-order valence-corrected chi connectivity index (χ2v) is 5.85. The largest absolute Gasteiger partial charge is 0.465 e. The smallest absolute Gasteiger partial charge is 0.317 e. The fourth-order valence-electron chi connectivity index (χ4n) is 3.35. The van der Waals surface area contributed by atoms with E-state index in [0.717, 1.165) is 5.57 Å². The first kappa shape index (κ1) is 16.8. The second kappa shape index (κ2) is 6.84. The molecule has 2 aliphatic rings. The molecule has 0 unspecified atom stereocenters. The van der Waals surface area contributed by atoms with E-state index in [2.05, 4.69) is 0 Å². The van der Waals surface area contributed by atoms with Gasteiger partial charge in [-0.05, 0) is 24.5 Å². The summed E-state index contributed by atoms with van der Waals surface area (Å²) in [6.07, 6.45) is 7.86. The highest BCUT2D eigenvalue weighted by atomic mass is 16.6. The van der Waals surface area contributed by atoms with Crippen LogP contribution in [0.25, 0.3) is 0 Å². The highest BCUT2D eigenvalue weighted by Crippen LogP contribution is 2.45. The first-order valence-corrected chi connectivity index (χ1v) is 8.06. The molecule has 128 valence electrons. The van der Waals surface area contributed by atoms with Gasteiger partial charge in [-0.3, -0.25) is 19.7 Å². The first-order valence-electron chi connectivity index (χ1n) is 8.06. The summed E-state index contributed by atoms with van der Waals surface area (Å²) in [7, 11) is 0. The number of benzene rings is 1. The van der Waals surface area contributed by atoms with Gasteiger partial charge in [0.1, 0.15) is 5.92 Å². The summed E-state index contributed by atoms with van der Waals surface area (Å²) >= 11 is 0. The van der Waals surface area contributed by atoms with Gasteiger partial charge in [-0.1, -0.05) is 36.4 Å². The van der Waals surface area contributed by atoms with E-state index < -0.39 is 22.7 Å². The number of Topliss-reactive ketones (excluding diaryl/α,β-unsaturated/α-hetero) is 1. The fraction of sp³-hybridized carbons (Fsp3) is 0.263. The molecule has 0 aliphatic heterocycles. The summed E-state index contributed by atoms with van der Waals surface area (Å²) in [5, 5.41) is 10.9. The number of carbonyl (C=O) groups is 2. The van der Waals surface area contributed by atoms with Crippen molar-refractivity contribution >= 4 is 17.4 Å². The number of allylic oxidation sites excluding steroid dienone is 6. The molecule has 25 heavy (non-hydrogen) atoms. The van der Waals surface area contributed by atoms with Crippen LogP contribution in [0.1, 0.15) is 24.8 Å². The lowest BCUT2D eigenvalue weighted by atomic mass is 9.84. The number of nitrogens with zero attached hydrogens (tertiary/aromatic N) is 1. The number of hydrogen-bond donors (Lipinski definition) is 0. The zero-order valence-electron chi connectivity index (χ0n) is 13.7. The number of nitro groups is 1. The third-order valence-electron chi connectivity index (χ3n) is 4.45. The molecule has 0 aromatic heterocycles. The molecule has 2 aliphatic carbocycles. The van der Waals surface area contributed by atoms with Crippen LogP contribution in [-0.4, -0.2) is 23.3 Å². The van der Waals surface area contributed by atoms with Crippen molar-refractivity contribution < 1.29 is 19.2 Å². The number of ether oxygens (including phenoxy) is 1. The lowest BCUT2D eigenvalue weighted by molar-refractivity contribution is -0.384. The van der Waals surface area contributed by atoms with Crippen molar-refractivity contribution in [2.24, 2.45) is 5.92 Å². The van der Waals surface area contributed by atoms with E-state index in [1.165, 1.54) is 12.1 Å². The van der Waals surface area contributed by atoms with Crippen molar-refractivity contribution in [3.05, 3.63) is 75.4 Å². The van der Waals surface area contributed by atoms with Crippen LogP contribution in [0.3, 0.4) is 0 Å². The minimum absolute atomic E-state index is 0.0342. The molecule has 3 rings (SSSR count). The molecule has 0 fully saturated rings. The van der Waals surface area contributed by atoms with Crippen LogP contribution >= 0.6 is 0 Å². The van der Waals surface area contributed by atoms with Gasteiger partial charge in [-0.15, -0.1) is 0 Å². The SMILES string of the molecule is CCOC(=O)[C@H]1C(=O)C2=C(C=CC=CC2)[C@@H]1c1ccc([N+](=O)[O-])cc1. The molecule has 0 amide bonds. The topological polar surface area (TPSA) is 86.5 Å². The minimum Gasteiger partial charge on any atom is -0.465 e. The molecule has 2 atom stereocenters. The minimum atomic E-state index is -0.942. The molecular weight excluding hydrogens is 322 g/mol. The van der Waals surface area contributed by atoms with E-state index in [1.54, 1.807) is 19.1 Å². The van der Waals surface area contributed by atoms with Crippen molar-refractivity contribution in [3.63, 3.8) is 0 Å². The van der Waals surface area contributed by atoms with E-state index in [-0.39, 0.29) is 18.1 Å². The maximum atomic E-state index is 12.8. The van der Waals surface area contributed by atoms with E-state index in [9.17, 15) is 19.7 Å². The number of nitro benzene ring substituents is 1. The van der Waals surface area contributed by atoms with Crippen molar-refractivity contribution in [1.82, 2.24) is 0 Å². The highest BCUT2D eigenvalue weighted by molar-refractivity contribution is 6.13. The van der Waals surface area contributed by atoms with Crippen molar-refractivity contribution in [2.75, 3.05) is 6.61 Å². The average molecular weight is 339 g/mol. The van der Waals surface area contributed by atoms with Crippen LogP contribution in [0.5, 0.6) is 0 Å². The molecule has 0 spiro atoms. The Hall–Kier alpha value is -3.02. The summed E-state index contributed by atoms with van der Waals surface area (Å²) in [6, 6.07) is 5.98. The molecule has 0 N–H and O–H groups in total. The van der Waals surface area contributed by atoms with Gasteiger partial charge in [0, 0.05) is 23.6 Å². The average Bonchev–Trinajstić information content (AvgIpc) is 2.76. The van der Waals surface area contributed by atoms with E-state index in [1.807, 2.05) is 24.3 Å². The van der Waals surface area contributed by atoms with Crippen molar-refractivity contribution in [3.8, 4) is 0 Å². The Morgan fingerprint density at radius 2 is 2.00 bits per heavy atom. The summed E-state index contributed by atoms with van der Waals surface area (Å²) in [5.41, 5.74) is 2.04. The van der Waals surface area contributed by atoms with Gasteiger partial charge in [0.25, 0.3) is 5.69 Å². The van der Waals surface area contributed by atoms with E-state index in [4.69, 9.17) is 4.74 Å². The summed E-state index contributed by atoms with van der Waals surface area (Å²) < 4.78 is 5.11. The lowest BCUT2D eigenvalue weighted by Crippen LogP contribution is -2.28. The Bertz CT molecular complexity index is 817. The van der Waals surface area contributed by atoms with Gasteiger partial charge >= 0.3 is 5.97 Å². The number of esters is 1. The van der Waals surface area contributed by atoms with Gasteiger partial charge in [0.05, 0.1) is 11.5 Å². The Labute approximate surface area is 144 Å². The molecule has 0 saturated heterocycles. The number of non-ortho nitro benzene ring substituents is 1. The third kappa shape index (κ3) is 3.03. The normalized spacial score (nSPS) is 21.9. The fourth-order valence-corrected chi connectivity index (χ4v) is 3.35. The Morgan fingerprint density at radius 3 is 2.64 bits per heavy atom. The zero-order valence-corrected chi connectivity index (χ0v) is 13.7. The van der Waals surface area contributed by atoms with E-state index in [0.29, 0.717) is 17.6 Å². The maximum absolute atomic E-state index is 12.8. The molecule has 1 aromatic rings. The van der Waals surface area contributed by atoms with Crippen LogP contribution in [-0.2, 0) is 14.3 Å². The van der Waals surface area contributed by atoms with Crippen LogP contribution < -0.4 is 0 Å². The summed E-state index contributed by atoms with van der Waals surface area (Å²) in [5.74, 6) is -2.21. The van der Waals surface area contributed by atoms with Gasteiger partial charge in [0.2, 0.25) is 0 Å². The predicted molar refractivity (Wildman–Crippen MR) is 90.9 cm³/mol. The van der Waals surface area contributed by atoms with Crippen LogP contribution in [0.15, 0.2) is 59.7 Å². The summed E-state index contributed by atoms with van der Waals surface area (Å²) in [6.45, 7) is 1.88. The van der Waals surface area contributed by atoms with Gasteiger partial charge in [0.15, 0.2) is 5.78 Å². The Balaban J connectivity index is 2.06. The molecule has 0 saturated carbocycles. The standard InChI is InChI=1S/C19H17NO5/c1-2-25-19(22)17-16(12-8-10-13(11-9-12)20(23)24)14-6-4-3-5-7-15(14)18(17)21/h3-6,8-11,16-17H,2,7H2,1H3/t16-,17+/m0/s1. The molecule has 0 heterocycles. The molecular formula is C19H17NO5. The van der Waals surface area contributed by atoms with Crippen molar-refractivity contribution in [2.45, 2.75) is 19.3 Å². The van der Waals surface area contributed by atoms with Crippen LogP contribution in [0, 0.1) is 16.0 Å². The first-order chi connectivity index (χ1) is 12.0. The van der Waals surface area contributed by atoms with Gasteiger partial charge in [-0.2, -0.15) is 0 Å². The number of rotatable bonds is 4. The van der Waals surface area contributed by atoms with Crippen molar-refractivity contribution in [1.29, 1.82) is 0 Å². The molecule has 1 aromatic carbocycles. The van der Waals surface area contributed by atoms with Gasteiger partial charge in [-0.25, -0.2) is 0 Å². The monoisotopic (exact) mass is 339 g/mol. The third-order valence-corrected chi connectivity index (χ3v) is 4.45. The number of ketones is 1. The Kier molecular flexibility index (Phi) is 4.61. The Morgan fingerprint density at radius 1 is 1.28 bits per heavy atom.